The molecule has 21 heavy (non-hydrogen) atoms. The Morgan fingerprint density at radius 1 is 1.29 bits per heavy atom. The van der Waals surface area contributed by atoms with Gasteiger partial charge in [0.15, 0.2) is 5.82 Å². The predicted octanol–water partition coefficient (Wildman–Crippen LogP) is 3.22. The van der Waals surface area contributed by atoms with Gasteiger partial charge < -0.3 is 9.99 Å². The third-order valence-corrected chi connectivity index (χ3v) is 3.97. The molecule has 1 aromatic carbocycles. The summed E-state index contributed by atoms with van der Waals surface area (Å²) in [5.74, 6) is 0.916. The van der Waals surface area contributed by atoms with Crippen LogP contribution in [-0.2, 0) is 19.5 Å². The Morgan fingerprint density at radius 3 is 2.86 bits per heavy atom. The van der Waals surface area contributed by atoms with Crippen LogP contribution in [-0.4, -0.2) is 19.4 Å². The van der Waals surface area contributed by atoms with Crippen molar-refractivity contribution in [3.8, 4) is 0 Å². The molecule has 0 saturated heterocycles. The molecule has 6 heteroatoms. The molecule has 0 bridgehead atoms. The smallest absolute Gasteiger partial charge is 0.214 e. The molecule has 0 amide bonds. The average Bonchev–Trinajstić information content (AvgIpc) is 3.05. The number of benzene rings is 1. The number of hydrogen-bond acceptors (Lipinski definition) is 3. The van der Waals surface area contributed by atoms with Crippen molar-refractivity contribution in [1.82, 2.24) is 19.4 Å². The van der Waals surface area contributed by atoms with Crippen LogP contribution in [0.1, 0.15) is 25.2 Å². The molecule has 0 aliphatic rings. The number of para-hydroxylation sites is 1. The van der Waals surface area contributed by atoms with Crippen molar-refractivity contribution in [2.24, 2.45) is 0 Å². The van der Waals surface area contributed by atoms with Crippen LogP contribution >= 0.6 is 12.2 Å². The van der Waals surface area contributed by atoms with Gasteiger partial charge >= 0.3 is 0 Å². The van der Waals surface area contributed by atoms with Crippen molar-refractivity contribution in [3.05, 3.63) is 46.6 Å². The van der Waals surface area contributed by atoms with Gasteiger partial charge in [0, 0.05) is 30.1 Å². The zero-order valence-electron chi connectivity index (χ0n) is 12.3. The molecule has 0 unspecified atom stereocenters. The Labute approximate surface area is 128 Å². The van der Waals surface area contributed by atoms with Gasteiger partial charge in [-0.05, 0) is 30.8 Å². The third-order valence-electron chi connectivity index (χ3n) is 3.70. The van der Waals surface area contributed by atoms with Crippen LogP contribution in [0, 0.1) is 4.77 Å². The van der Waals surface area contributed by atoms with E-state index in [1.165, 1.54) is 16.5 Å². The maximum Gasteiger partial charge on any atom is 0.214 e. The van der Waals surface area contributed by atoms with Gasteiger partial charge in [-0.3, -0.25) is 5.10 Å². The van der Waals surface area contributed by atoms with Gasteiger partial charge in [-0.25, -0.2) is 4.68 Å². The molecule has 3 aromatic rings. The van der Waals surface area contributed by atoms with Crippen LogP contribution in [0.3, 0.4) is 0 Å². The van der Waals surface area contributed by atoms with Crippen LogP contribution in [0.5, 0.6) is 0 Å². The highest BCUT2D eigenvalue weighted by Crippen LogP contribution is 2.21. The molecular weight excluding hydrogens is 282 g/mol. The van der Waals surface area contributed by atoms with Crippen LogP contribution in [0.25, 0.3) is 10.9 Å². The monoisotopic (exact) mass is 301 g/mol. The number of nitrogens with zero attached hydrogens (tertiary/aromatic N) is 3. The quantitative estimate of drug-likeness (QED) is 0.711. The first-order chi connectivity index (χ1) is 10.2. The lowest BCUT2D eigenvalue weighted by Crippen LogP contribution is -2.17. The SMILES string of the molecule is CCc1n[nH]c(=S)n1NCc1cn(CC)c2ccccc12. The molecular formula is C15H19N5S. The molecule has 0 saturated carbocycles. The van der Waals surface area contributed by atoms with Crippen molar-refractivity contribution in [3.63, 3.8) is 0 Å². The molecule has 2 heterocycles. The Hall–Kier alpha value is -2.08. The number of fused-ring (bicyclic) bond motifs is 1. The summed E-state index contributed by atoms with van der Waals surface area (Å²) < 4.78 is 4.72. The molecule has 0 fully saturated rings. The molecule has 3 rings (SSSR count). The summed E-state index contributed by atoms with van der Waals surface area (Å²) in [6.07, 6.45) is 3.03. The summed E-state index contributed by atoms with van der Waals surface area (Å²) in [5.41, 5.74) is 5.89. The largest absolute Gasteiger partial charge is 0.347 e. The van der Waals surface area contributed by atoms with E-state index in [2.05, 4.69) is 64.5 Å². The number of hydrogen-bond donors (Lipinski definition) is 2. The van der Waals surface area contributed by atoms with Gasteiger partial charge in [-0.2, -0.15) is 5.10 Å². The normalized spacial score (nSPS) is 11.1. The number of aromatic nitrogens is 4. The number of H-pyrrole nitrogens is 1. The van der Waals surface area contributed by atoms with Gasteiger partial charge in [0.1, 0.15) is 0 Å². The molecule has 110 valence electrons. The van der Waals surface area contributed by atoms with E-state index in [4.69, 9.17) is 12.2 Å². The lowest BCUT2D eigenvalue weighted by molar-refractivity contribution is 0.756. The van der Waals surface area contributed by atoms with E-state index in [1.807, 2.05) is 4.68 Å². The Kier molecular flexibility index (Phi) is 3.79. The Morgan fingerprint density at radius 2 is 2.10 bits per heavy atom. The highest BCUT2D eigenvalue weighted by molar-refractivity contribution is 7.71. The molecule has 0 atom stereocenters. The second-order valence-corrected chi connectivity index (χ2v) is 5.31. The second kappa shape index (κ2) is 5.73. The minimum atomic E-state index is 0.603. The maximum absolute atomic E-state index is 5.26. The molecule has 2 aromatic heterocycles. The summed E-state index contributed by atoms with van der Waals surface area (Å²) in [4.78, 5) is 0. The summed E-state index contributed by atoms with van der Waals surface area (Å²) in [5, 5.41) is 8.31. The van der Waals surface area contributed by atoms with Crippen molar-refractivity contribution >= 4 is 23.1 Å². The third kappa shape index (κ3) is 2.47. The summed E-state index contributed by atoms with van der Waals surface area (Å²) >= 11 is 5.26. The molecule has 0 aliphatic heterocycles. The predicted molar refractivity (Wildman–Crippen MR) is 87.5 cm³/mol. The maximum atomic E-state index is 5.26. The van der Waals surface area contributed by atoms with E-state index in [-0.39, 0.29) is 0 Å². The Bertz CT molecular complexity index is 811. The van der Waals surface area contributed by atoms with Crippen LogP contribution in [0.2, 0.25) is 0 Å². The fraction of sp³-hybridized carbons (Fsp3) is 0.333. The first kappa shape index (κ1) is 13.9. The summed E-state index contributed by atoms with van der Waals surface area (Å²) in [7, 11) is 0. The van der Waals surface area contributed by atoms with Gasteiger partial charge in [0.05, 0.1) is 6.54 Å². The molecule has 2 N–H and O–H groups in total. The minimum absolute atomic E-state index is 0.603. The topological polar surface area (TPSA) is 50.6 Å². The average molecular weight is 301 g/mol. The van der Waals surface area contributed by atoms with E-state index < -0.39 is 0 Å². The van der Waals surface area contributed by atoms with E-state index in [9.17, 15) is 0 Å². The Balaban J connectivity index is 1.92. The number of rotatable bonds is 5. The first-order valence-corrected chi connectivity index (χ1v) is 7.62. The molecule has 0 aliphatic carbocycles. The van der Waals surface area contributed by atoms with Gasteiger partial charge in [-0.1, -0.05) is 25.1 Å². The summed E-state index contributed by atoms with van der Waals surface area (Å²) in [6.45, 7) is 5.90. The highest BCUT2D eigenvalue weighted by atomic mass is 32.1. The fourth-order valence-electron chi connectivity index (χ4n) is 2.62. The van der Waals surface area contributed by atoms with E-state index in [0.29, 0.717) is 11.3 Å². The second-order valence-electron chi connectivity index (χ2n) is 4.93. The van der Waals surface area contributed by atoms with Gasteiger partial charge in [-0.15, -0.1) is 0 Å². The van der Waals surface area contributed by atoms with Crippen LogP contribution < -0.4 is 5.43 Å². The van der Waals surface area contributed by atoms with Crippen molar-refractivity contribution in [2.75, 3.05) is 5.43 Å². The van der Waals surface area contributed by atoms with Gasteiger partial charge in [0.25, 0.3) is 0 Å². The molecule has 0 spiro atoms. The standard InChI is InChI=1S/C15H19N5S/c1-3-14-17-18-15(21)20(14)16-9-11-10-19(4-2)13-8-6-5-7-12(11)13/h5-8,10,16H,3-4,9H2,1-2H3,(H,18,21). The molecule has 5 nitrogen and oxygen atoms in total. The van der Waals surface area contributed by atoms with Crippen molar-refractivity contribution in [1.29, 1.82) is 0 Å². The first-order valence-electron chi connectivity index (χ1n) is 7.21. The number of aromatic amines is 1. The van der Waals surface area contributed by atoms with Crippen molar-refractivity contribution < 1.29 is 0 Å². The number of nitrogens with one attached hydrogen (secondary N) is 2. The lowest BCUT2D eigenvalue weighted by atomic mass is 10.2. The minimum Gasteiger partial charge on any atom is -0.347 e. The van der Waals surface area contributed by atoms with E-state index in [0.717, 1.165) is 18.8 Å². The lowest BCUT2D eigenvalue weighted by Gasteiger charge is -2.08. The molecule has 0 radical (unpaired) electrons. The van der Waals surface area contributed by atoms with E-state index >= 15 is 0 Å². The van der Waals surface area contributed by atoms with E-state index in [1.54, 1.807) is 0 Å². The summed E-state index contributed by atoms with van der Waals surface area (Å²) in [6, 6.07) is 8.47. The van der Waals surface area contributed by atoms with Crippen molar-refractivity contribution in [2.45, 2.75) is 33.4 Å². The zero-order valence-corrected chi connectivity index (χ0v) is 13.1. The number of aryl methyl sites for hydroxylation is 2. The van der Waals surface area contributed by atoms with Gasteiger partial charge in [0.2, 0.25) is 4.77 Å². The highest BCUT2D eigenvalue weighted by Gasteiger charge is 2.08. The van der Waals surface area contributed by atoms with Crippen LogP contribution in [0.4, 0.5) is 0 Å². The zero-order chi connectivity index (χ0) is 14.8. The van der Waals surface area contributed by atoms with Crippen LogP contribution in [0.15, 0.2) is 30.5 Å². The fourth-order valence-corrected chi connectivity index (χ4v) is 2.83.